The molecule has 4 nitrogen and oxygen atoms in total. The molecule has 2 rings (SSSR count). The average molecular weight is 353 g/mol. The molecule has 1 aromatic carbocycles. The second-order valence-electron chi connectivity index (χ2n) is 5.91. The Bertz CT molecular complexity index is 578. The standard InChI is InChI=1S/C14H16Cl3NO3/c1-8(19)18-14(13(15,16)17)20-10-6-5-9(12(2,3)4)7-11(10)21-14/h5-7H,1-4H3,(H,18,19). The van der Waals surface area contributed by atoms with Crippen LogP contribution in [0.25, 0.3) is 0 Å². The van der Waals surface area contributed by atoms with Gasteiger partial charge in [0.15, 0.2) is 11.5 Å². The number of benzene rings is 1. The Kier molecular flexibility index (Phi) is 4.02. The average Bonchev–Trinajstić information content (AvgIpc) is 2.63. The van der Waals surface area contributed by atoms with E-state index in [0.29, 0.717) is 11.5 Å². The summed E-state index contributed by atoms with van der Waals surface area (Å²) in [6.07, 6.45) is 0. The molecular weight excluding hydrogens is 337 g/mol. The summed E-state index contributed by atoms with van der Waals surface area (Å²) in [6, 6.07) is 5.45. The van der Waals surface area contributed by atoms with Crippen LogP contribution in [0.3, 0.4) is 0 Å². The van der Waals surface area contributed by atoms with E-state index >= 15 is 0 Å². The lowest BCUT2D eigenvalue weighted by molar-refractivity contribution is -0.142. The normalized spacial score (nSPS) is 21.3. The molecule has 0 aliphatic carbocycles. The second-order valence-corrected chi connectivity index (χ2v) is 8.19. The molecule has 1 unspecified atom stereocenters. The van der Waals surface area contributed by atoms with E-state index in [0.717, 1.165) is 5.56 Å². The SMILES string of the molecule is CC(=O)NC1(C(Cl)(Cl)Cl)Oc2ccc(C(C)(C)C)cc2O1. The highest BCUT2D eigenvalue weighted by atomic mass is 35.6. The molecule has 1 aromatic rings. The highest BCUT2D eigenvalue weighted by Crippen LogP contribution is 2.49. The number of nitrogens with one attached hydrogen (secondary N) is 1. The number of carbonyl (C=O) groups excluding carboxylic acids is 1. The summed E-state index contributed by atoms with van der Waals surface area (Å²) < 4.78 is 9.24. The molecule has 1 N–H and O–H groups in total. The molecule has 0 spiro atoms. The molecule has 1 aliphatic heterocycles. The molecule has 7 heteroatoms. The van der Waals surface area contributed by atoms with Crippen molar-refractivity contribution in [1.82, 2.24) is 5.32 Å². The molecule has 0 fully saturated rings. The molecule has 1 atom stereocenters. The van der Waals surface area contributed by atoms with Gasteiger partial charge in [-0.1, -0.05) is 61.6 Å². The number of rotatable bonds is 1. The minimum absolute atomic E-state index is 0.0718. The Morgan fingerprint density at radius 3 is 2.19 bits per heavy atom. The van der Waals surface area contributed by atoms with Crippen LogP contribution in [0.1, 0.15) is 33.3 Å². The highest BCUT2D eigenvalue weighted by Gasteiger charge is 2.59. The molecule has 0 bridgehead atoms. The van der Waals surface area contributed by atoms with E-state index < -0.39 is 15.6 Å². The maximum Gasteiger partial charge on any atom is 0.388 e. The van der Waals surface area contributed by atoms with E-state index in [-0.39, 0.29) is 5.41 Å². The van der Waals surface area contributed by atoms with Crippen molar-refractivity contribution < 1.29 is 14.3 Å². The van der Waals surface area contributed by atoms with Crippen molar-refractivity contribution in [2.45, 2.75) is 42.8 Å². The number of hydrogen-bond donors (Lipinski definition) is 1. The number of fused-ring (bicyclic) bond motifs is 1. The van der Waals surface area contributed by atoms with Crippen LogP contribution in [0, 0.1) is 0 Å². The smallest absolute Gasteiger partial charge is 0.388 e. The van der Waals surface area contributed by atoms with Crippen molar-refractivity contribution >= 4 is 40.7 Å². The fraction of sp³-hybridized carbons (Fsp3) is 0.500. The van der Waals surface area contributed by atoms with E-state index in [2.05, 4.69) is 26.1 Å². The first kappa shape index (κ1) is 16.5. The lowest BCUT2D eigenvalue weighted by Gasteiger charge is -2.33. The van der Waals surface area contributed by atoms with Crippen LogP contribution in [0.2, 0.25) is 0 Å². The number of ether oxygens (including phenoxy) is 2. The van der Waals surface area contributed by atoms with Crippen molar-refractivity contribution in [3.8, 4) is 11.5 Å². The summed E-state index contributed by atoms with van der Waals surface area (Å²) in [7, 11) is 0. The van der Waals surface area contributed by atoms with Gasteiger partial charge in [0.1, 0.15) is 0 Å². The summed E-state index contributed by atoms with van der Waals surface area (Å²) >= 11 is 17.8. The van der Waals surface area contributed by atoms with Crippen LogP contribution >= 0.6 is 34.8 Å². The summed E-state index contributed by atoms with van der Waals surface area (Å²) in [5, 5.41) is 2.42. The molecule has 0 saturated heterocycles. The highest BCUT2D eigenvalue weighted by molar-refractivity contribution is 6.68. The number of alkyl halides is 3. The fourth-order valence-electron chi connectivity index (χ4n) is 1.94. The van der Waals surface area contributed by atoms with Gasteiger partial charge in [-0.25, -0.2) is 0 Å². The number of hydrogen-bond acceptors (Lipinski definition) is 3. The molecule has 0 radical (unpaired) electrons. The lowest BCUT2D eigenvalue weighted by Crippen LogP contribution is -2.63. The van der Waals surface area contributed by atoms with E-state index in [1.54, 1.807) is 6.07 Å². The van der Waals surface area contributed by atoms with Gasteiger partial charge >= 0.3 is 5.91 Å². The number of halogens is 3. The van der Waals surface area contributed by atoms with Crippen LogP contribution in [0.4, 0.5) is 0 Å². The van der Waals surface area contributed by atoms with Gasteiger partial charge < -0.3 is 9.47 Å². The zero-order valence-corrected chi connectivity index (χ0v) is 14.4. The number of carbonyl (C=O) groups is 1. The van der Waals surface area contributed by atoms with Crippen LogP contribution in [0.5, 0.6) is 11.5 Å². The van der Waals surface area contributed by atoms with E-state index in [1.807, 2.05) is 12.1 Å². The first-order chi connectivity index (χ1) is 9.45. The molecule has 1 heterocycles. The maximum atomic E-state index is 11.4. The first-order valence-corrected chi connectivity index (χ1v) is 7.46. The summed E-state index contributed by atoms with van der Waals surface area (Å²) in [4.78, 5) is 11.4. The molecule has 0 saturated carbocycles. The topological polar surface area (TPSA) is 47.6 Å². The Morgan fingerprint density at radius 1 is 1.14 bits per heavy atom. The molecule has 0 aromatic heterocycles. The van der Waals surface area contributed by atoms with Gasteiger partial charge in [-0.3, -0.25) is 10.1 Å². The van der Waals surface area contributed by atoms with Gasteiger partial charge in [-0.15, -0.1) is 0 Å². The van der Waals surface area contributed by atoms with E-state index in [1.165, 1.54) is 6.92 Å². The third kappa shape index (κ3) is 3.17. The van der Waals surface area contributed by atoms with Gasteiger partial charge in [0.05, 0.1) is 0 Å². The maximum absolute atomic E-state index is 11.4. The fourth-order valence-corrected chi connectivity index (χ4v) is 2.31. The quantitative estimate of drug-likeness (QED) is 0.779. The minimum atomic E-state index is -2.00. The molecule has 21 heavy (non-hydrogen) atoms. The molecule has 1 aliphatic rings. The predicted molar refractivity (Wildman–Crippen MR) is 83.2 cm³/mol. The van der Waals surface area contributed by atoms with Crippen molar-refractivity contribution in [1.29, 1.82) is 0 Å². The molecule has 116 valence electrons. The van der Waals surface area contributed by atoms with E-state index in [4.69, 9.17) is 44.3 Å². The second kappa shape index (κ2) is 5.11. The Morgan fingerprint density at radius 2 is 1.71 bits per heavy atom. The van der Waals surface area contributed by atoms with Crippen LogP contribution < -0.4 is 14.8 Å². The summed E-state index contributed by atoms with van der Waals surface area (Å²) in [5.41, 5.74) is 0.963. The van der Waals surface area contributed by atoms with Crippen molar-refractivity contribution in [2.75, 3.05) is 0 Å². The number of amides is 1. The largest absolute Gasteiger partial charge is 0.428 e. The third-order valence-electron chi connectivity index (χ3n) is 3.03. The predicted octanol–water partition coefficient (Wildman–Crippen LogP) is 3.92. The third-order valence-corrected chi connectivity index (χ3v) is 3.78. The van der Waals surface area contributed by atoms with Gasteiger partial charge in [0, 0.05) is 6.92 Å². The minimum Gasteiger partial charge on any atom is -0.428 e. The van der Waals surface area contributed by atoms with Crippen LogP contribution in [-0.2, 0) is 10.2 Å². The Labute approximate surface area is 138 Å². The first-order valence-electron chi connectivity index (χ1n) is 6.33. The zero-order chi connectivity index (χ0) is 16.1. The zero-order valence-electron chi connectivity index (χ0n) is 12.1. The lowest BCUT2D eigenvalue weighted by atomic mass is 9.87. The molecular formula is C14H16Cl3NO3. The van der Waals surface area contributed by atoms with Crippen molar-refractivity contribution in [3.05, 3.63) is 23.8 Å². The Balaban J connectivity index is 2.42. The van der Waals surface area contributed by atoms with Crippen molar-refractivity contribution in [2.24, 2.45) is 0 Å². The summed E-state index contributed by atoms with van der Waals surface area (Å²) in [6.45, 7) is 7.50. The van der Waals surface area contributed by atoms with Gasteiger partial charge in [-0.05, 0) is 23.1 Å². The van der Waals surface area contributed by atoms with Gasteiger partial charge in [0.2, 0.25) is 5.91 Å². The monoisotopic (exact) mass is 351 g/mol. The van der Waals surface area contributed by atoms with Crippen LogP contribution in [0.15, 0.2) is 18.2 Å². The van der Waals surface area contributed by atoms with Gasteiger partial charge in [-0.2, -0.15) is 0 Å². The van der Waals surface area contributed by atoms with Crippen molar-refractivity contribution in [3.63, 3.8) is 0 Å². The van der Waals surface area contributed by atoms with E-state index in [9.17, 15) is 4.79 Å². The Hall–Kier alpha value is -0.840. The van der Waals surface area contributed by atoms with Crippen LogP contribution in [-0.4, -0.2) is 15.6 Å². The molecule has 1 amide bonds. The summed E-state index contributed by atoms with van der Waals surface area (Å²) in [5.74, 6) is -1.49. The van der Waals surface area contributed by atoms with Gasteiger partial charge in [0.25, 0.3) is 3.79 Å².